The minimum absolute atomic E-state index is 0.258. The highest BCUT2D eigenvalue weighted by Gasteiger charge is 2.26. The molecule has 0 spiro atoms. The predicted octanol–water partition coefficient (Wildman–Crippen LogP) is 3.59. The average Bonchev–Trinajstić information content (AvgIpc) is 2.37. The summed E-state index contributed by atoms with van der Waals surface area (Å²) >= 11 is 0. The zero-order chi connectivity index (χ0) is 13.9. The Bertz CT molecular complexity index is 541. The van der Waals surface area contributed by atoms with Crippen molar-refractivity contribution in [2.75, 3.05) is 0 Å². The van der Waals surface area contributed by atoms with Gasteiger partial charge in [-0.15, -0.1) is 0 Å². The van der Waals surface area contributed by atoms with Crippen LogP contribution in [0.3, 0.4) is 0 Å². The van der Waals surface area contributed by atoms with Gasteiger partial charge in [0, 0.05) is 12.3 Å². The molecule has 0 amide bonds. The summed E-state index contributed by atoms with van der Waals surface area (Å²) in [6.45, 7) is 5.50. The monoisotopic (exact) mass is 257 g/mol. The average molecular weight is 257 g/mol. The lowest BCUT2D eigenvalue weighted by molar-refractivity contribution is -0.140. The Labute approximate surface area is 114 Å². The number of hydrogen-bond acceptors (Lipinski definition) is 3. The molecular formula is C16H19NO2. The molecule has 0 aliphatic heterocycles. The Kier molecular flexibility index (Phi) is 3.84. The van der Waals surface area contributed by atoms with Gasteiger partial charge in [-0.1, -0.05) is 49.3 Å². The highest BCUT2D eigenvalue weighted by atomic mass is 16.7. The van der Waals surface area contributed by atoms with Crippen molar-refractivity contribution >= 4 is 17.8 Å². The maximum Gasteiger partial charge on any atom is 0.331 e. The van der Waals surface area contributed by atoms with Gasteiger partial charge in [-0.2, -0.15) is 0 Å². The molecule has 0 saturated carbocycles. The van der Waals surface area contributed by atoms with Crippen molar-refractivity contribution < 1.29 is 9.63 Å². The van der Waals surface area contributed by atoms with E-state index in [1.807, 2.05) is 0 Å². The number of fused-ring (bicyclic) bond motifs is 1. The molecule has 0 unspecified atom stereocenters. The summed E-state index contributed by atoms with van der Waals surface area (Å²) < 4.78 is 0. The summed E-state index contributed by atoms with van der Waals surface area (Å²) in [5, 5.41) is 3.78. The van der Waals surface area contributed by atoms with Crippen LogP contribution in [0.15, 0.2) is 35.5 Å². The molecule has 0 N–H and O–H groups in total. The third-order valence-electron chi connectivity index (χ3n) is 3.32. The van der Waals surface area contributed by atoms with Gasteiger partial charge in [-0.3, -0.25) is 0 Å². The molecule has 0 aromatic heterocycles. The van der Waals surface area contributed by atoms with Crippen LogP contribution in [0, 0.1) is 5.41 Å². The lowest BCUT2D eigenvalue weighted by Crippen LogP contribution is -2.19. The summed E-state index contributed by atoms with van der Waals surface area (Å²) in [5.41, 5.74) is 3.62. The highest BCUT2D eigenvalue weighted by molar-refractivity contribution is 5.88. The van der Waals surface area contributed by atoms with Crippen LogP contribution in [0.2, 0.25) is 0 Å². The predicted molar refractivity (Wildman–Crippen MR) is 76.8 cm³/mol. The topological polar surface area (TPSA) is 38.7 Å². The number of oxime groups is 1. The van der Waals surface area contributed by atoms with Gasteiger partial charge in [-0.25, -0.2) is 4.79 Å². The molecule has 0 bridgehead atoms. The molecule has 3 heteroatoms. The number of allylic oxidation sites excluding steroid dienone is 2. The first-order chi connectivity index (χ1) is 9.00. The van der Waals surface area contributed by atoms with Crippen molar-refractivity contribution in [3.63, 3.8) is 0 Å². The van der Waals surface area contributed by atoms with E-state index >= 15 is 0 Å². The fraction of sp³-hybridized carbons (Fsp3) is 0.375. The van der Waals surface area contributed by atoms with Crippen molar-refractivity contribution in [1.29, 1.82) is 0 Å². The van der Waals surface area contributed by atoms with Gasteiger partial charge in [0.15, 0.2) is 0 Å². The van der Waals surface area contributed by atoms with Crippen molar-refractivity contribution in [2.45, 2.75) is 33.6 Å². The van der Waals surface area contributed by atoms with E-state index < -0.39 is 5.97 Å². The van der Waals surface area contributed by atoms with E-state index in [1.54, 1.807) is 6.21 Å². The molecular weight excluding hydrogens is 238 g/mol. The Morgan fingerprint density at radius 2 is 2.11 bits per heavy atom. The summed E-state index contributed by atoms with van der Waals surface area (Å²) in [6, 6.07) is 8.43. The first-order valence-corrected chi connectivity index (χ1v) is 6.52. The van der Waals surface area contributed by atoms with Crippen LogP contribution in [0.1, 0.15) is 38.3 Å². The molecule has 0 radical (unpaired) electrons. The second kappa shape index (κ2) is 5.39. The summed E-state index contributed by atoms with van der Waals surface area (Å²) in [4.78, 5) is 15.4. The first kappa shape index (κ1) is 13.5. The van der Waals surface area contributed by atoms with Crippen LogP contribution >= 0.6 is 0 Å². The van der Waals surface area contributed by atoms with Crippen LogP contribution in [-0.2, 0) is 16.1 Å². The van der Waals surface area contributed by atoms with Crippen molar-refractivity contribution in [1.82, 2.24) is 0 Å². The molecule has 1 aromatic rings. The van der Waals surface area contributed by atoms with Gasteiger partial charge >= 0.3 is 5.97 Å². The minimum atomic E-state index is -0.398. The van der Waals surface area contributed by atoms with Crippen LogP contribution < -0.4 is 0 Å². The van der Waals surface area contributed by atoms with E-state index in [1.165, 1.54) is 23.6 Å². The van der Waals surface area contributed by atoms with Gasteiger partial charge < -0.3 is 4.84 Å². The van der Waals surface area contributed by atoms with Crippen molar-refractivity contribution in [3.8, 4) is 0 Å². The Morgan fingerprint density at radius 3 is 2.84 bits per heavy atom. The molecule has 0 heterocycles. The summed E-state index contributed by atoms with van der Waals surface area (Å²) in [6.07, 6.45) is 6.07. The van der Waals surface area contributed by atoms with Gasteiger partial charge in [0.05, 0.1) is 6.21 Å². The lowest BCUT2D eigenvalue weighted by Gasteiger charge is -2.28. The van der Waals surface area contributed by atoms with Crippen LogP contribution in [0.4, 0.5) is 0 Å². The van der Waals surface area contributed by atoms with Crippen molar-refractivity contribution in [2.24, 2.45) is 10.6 Å². The van der Waals surface area contributed by atoms with Crippen molar-refractivity contribution in [3.05, 3.63) is 41.5 Å². The largest absolute Gasteiger partial charge is 0.331 e. The number of benzene rings is 1. The van der Waals surface area contributed by atoms with Gasteiger partial charge in [0.1, 0.15) is 0 Å². The van der Waals surface area contributed by atoms with E-state index in [0.717, 1.165) is 12.8 Å². The third-order valence-corrected chi connectivity index (χ3v) is 3.32. The second-order valence-electron chi connectivity index (χ2n) is 5.35. The first-order valence-electron chi connectivity index (χ1n) is 6.52. The molecule has 19 heavy (non-hydrogen) atoms. The number of carbonyl (C=O) groups is 1. The number of carbonyl (C=O) groups excluding carboxylic acids is 1. The van der Waals surface area contributed by atoms with Crippen LogP contribution in [0.25, 0.3) is 5.57 Å². The van der Waals surface area contributed by atoms with E-state index in [-0.39, 0.29) is 5.41 Å². The summed E-state index contributed by atoms with van der Waals surface area (Å²) in [5.74, 6) is -0.398. The number of rotatable bonds is 3. The summed E-state index contributed by atoms with van der Waals surface area (Å²) in [7, 11) is 0. The Morgan fingerprint density at radius 1 is 1.37 bits per heavy atom. The van der Waals surface area contributed by atoms with Gasteiger partial charge in [0.2, 0.25) is 0 Å². The second-order valence-corrected chi connectivity index (χ2v) is 5.35. The van der Waals surface area contributed by atoms with Gasteiger partial charge in [-0.05, 0) is 29.5 Å². The minimum Gasteiger partial charge on any atom is -0.319 e. The van der Waals surface area contributed by atoms with Gasteiger partial charge in [0.25, 0.3) is 0 Å². The smallest absolute Gasteiger partial charge is 0.319 e. The standard InChI is InChI=1S/C16H19NO2/c1-12(18)19-17-11-16(2,3)15-10-6-8-13-7-4-5-9-14(13)15/h4-5,7,9-11H,6,8H2,1-3H3/b17-11+. The normalized spacial score (nSPS) is 15.0. The Hall–Kier alpha value is -1.90. The number of aryl methyl sites for hydroxylation is 1. The lowest BCUT2D eigenvalue weighted by atomic mass is 9.76. The van der Waals surface area contributed by atoms with Crippen LogP contribution in [-0.4, -0.2) is 12.2 Å². The fourth-order valence-corrected chi connectivity index (χ4v) is 2.40. The van der Waals surface area contributed by atoms with E-state index in [0.29, 0.717) is 0 Å². The number of nitrogens with zero attached hydrogens (tertiary/aromatic N) is 1. The third kappa shape index (κ3) is 3.11. The molecule has 100 valence electrons. The molecule has 0 fully saturated rings. The van der Waals surface area contributed by atoms with E-state index in [9.17, 15) is 4.79 Å². The van der Waals surface area contributed by atoms with E-state index in [2.05, 4.69) is 54.2 Å². The zero-order valence-corrected chi connectivity index (χ0v) is 11.6. The fourth-order valence-electron chi connectivity index (χ4n) is 2.40. The highest BCUT2D eigenvalue weighted by Crippen LogP contribution is 2.38. The molecule has 0 atom stereocenters. The Balaban J connectivity index is 2.28. The molecule has 3 nitrogen and oxygen atoms in total. The quantitative estimate of drug-likeness (QED) is 0.471. The van der Waals surface area contributed by atoms with Crippen LogP contribution in [0.5, 0.6) is 0 Å². The molecule has 2 rings (SSSR count). The molecule has 0 saturated heterocycles. The maximum absolute atomic E-state index is 10.8. The number of hydrogen-bond donors (Lipinski definition) is 0. The maximum atomic E-state index is 10.8. The molecule has 1 aromatic carbocycles. The molecule has 1 aliphatic carbocycles. The van der Waals surface area contributed by atoms with E-state index in [4.69, 9.17) is 0 Å². The SMILES string of the molecule is CC(=O)O/N=C/C(C)(C)C1=CCCc2ccccc21. The zero-order valence-electron chi connectivity index (χ0n) is 11.6. The molecule has 1 aliphatic rings.